The van der Waals surface area contributed by atoms with Crippen LogP contribution in [0, 0.1) is 10.8 Å². The fraction of sp³-hybridized carbons (Fsp3) is 0.818. The highest BCUT2D eigenvalue weighted by Crippen LogP contribution is 2.51. The molecule has 0 unspecified atom stereocenters. The van der Waals surface area contributed by atoms with Gasteiger partial charge in [-0.15, -0.1) is 0 Å². The molecule has 0 fully saturated rings. The Morgan fingerprint density at radius 3 is 1.18 bits per heavy atom. The normalized spacial score (nSPS) is 27.8. The molecule has 0 saturated heterocycles. The van der Waals surface area contributed by atoms with Crippen LogP contribution in [-0.2, 0) is 0 Å². The zero-order valence-corrected chi connectivity index (χ0v) is 8.71. The molecule has 64 valence electrons. The maximum absolute atomic E-state index is 2.35. The van der Waals surface area contributed by atoms with Crippen molar-refractivity contribution in [2.24, 2.45) is 10.8 Å². The van der Waals surface area contributed by atoms with Crippen LogP contribution in [0.15, 0.2) is 11.1 Å². The van der Waals surface area contributed by atoms with Gasteiger partial charge in [0, 0.05) is 0 Å². The molecule has 1 aliphatic carbocycles. The summed E-state index contributed by atoms with van der Waals surface area (Å²) in [5.74, 6) is 0. The van der Waals surface area contributed by atoms with Crippen molar-refractivity contribution in [1.82, 2.24) is 0 Å². The first-order valence-corrected chi connectivity index (χ1v) is 4.46. The average molecular weight is 152 g/mol. The van der Waals surface area contributed by atoms with E-state index in [4.69, 9.17) is 0 Å². The van der Waals surface area contributed by atoms with Crippen molar-refractivity contribution >= 4 is 0 Å². The highest BCUT2D eigenvalue weighted by atomic mass is 14.4. The summed E-state index contributed by atoms with van der Waals surface area (Å²) >= 11 is 0. The fourth-order valence-corrected chi connectivity index (χ4v) is 2.39. The zero-order chi connectivity index (χ0) is 8.86. The van der Waals surface area contributed by atoms with Gasteiger partial charge in [-0.05, 0) is 31.1 Å². The third-order valence-corrected chi connectivity index (χ3v) is 3.48. The van der Waals surface area contributed by atoms with Crippen LogP contribution in [0.4, 0.5) is 0 Å². The maximum Gasteiger partial charge on any atom is -0.0137 e. The molecular formula is C11H20. The lowest BCUT2D eigenvalue weighted by atomic mass is 9.80. The highest BCUT2D eigenvalue weighted by molar-refractivity contribution is 5.29. The third-order valence-electron chi connectivity index (χ3n) is 3.48. The minimum Gasteiger partial charge on any atom is -0.0682 e. The molecule has 0 heteroatoms. The monoisotopic (exact) mass is 152 g/mol. The second-order valence-electron chi connectivity index (χ2n) is 5.19. The molecule has 0 heterocycles. The first-order valence-electron chi connectivity index (χ1n) is 4.46. The number of hydrogen-bond acceptors (Lipinski definition) is 0. The summed E-state index contributed by atoms with van der Waals surface area (Å²) < 4.78 is 0. The number of hydrogen-bond donors (Lipinski definition) is 0. The van der Waals surface area contributed by atoms with E-state index in [2.05, 4.69) is 41.5 Å². The van der Waals surface area contributed by atoms with Crippen molar-refractivity contribution in [3.8, 4) is 0 Å². The molecule has 1 aliphatic rings. The molecule has 0 nitrogen and oxygen atoms in total. The van der Waals surface area contributed by atoms with Crippen LogP contribution in [0.1, 0.15) is 48.0 Å². The van der Waals surface area contributed by atoms with E-state index in [1.54, 1.807) is 11.1 Å². The quantitative estimate of drug-likeness (QED) is 0.463. The molecule has 0 aromatic carbocycles. The average Bonchev–Trinajstić information content (AvgIpc) is 1.91. The summed E-state index contributed by atoms with van der Waals surface area (Å²) in [6.07, 6.45) is 1.30. The van der Waals surface area contributed by atoms with E-state index in [-0.39, 0.29) is 0 Å². The molecular weight excluding hydrogens is 132 g/mol. The first-order chi connectivity index (χ1) is 4.77. The standard InChI is InChI=1S/C11H20/c1-8-9(2)11(5,6)7-10(8,3)4/h7H2,1-6H3. The van der Waals surface area contributed by atoms with Gasteiger partial charge in [-0.25, -0.2) is 0 Å². The van der Waals surface area contributed by atoms with Gasteiger partial charge in [0.1, 0.15) is 0 Å². The minimum absolute atomic E-state index is 0.438. The lowest BCUT2D eigenvalue weighted by molar-refractivity contribution is 0.316. The summed E-state index contributed by atoms with van der Waals surface area (Å²) in [5.41, 5.74) is 4.08. The molecule has 11 heavy (non-hydrogen) atoms. The summed E-state index contributed by atoms with van der Waals surface area (Å²) in [5, 5.41) is 0. The van der Waals surface area contributed by atoms with Crippen LogP contribution < -0.4 is 0 Å². The van der Waals surface area contributed by atoms with Crippen molar-refractivity contribution in [2.75, 3.05) is 0 Å². The Labute approximate surface area is 70.7 Å². The van der Waals surface area contributed by atoms with Gasteiger partial charge in [0.2, 0.25) is 0 Å². The van der Waals surface area contributed by atoms with Crippen LogP contribution in [0.3, 0.4) is 0 Å². The largest absolute Gasteiger partial charge is 0.0682 e. The molecule has 0 amide bonds. The highest BCUT2D eigenvalue weighted by Gasteiger charge is 2.39. The zero-order valence-electron chi connectivity index (χ0n) is 8.71. The van der Waals surface area contributed by atoms with Gasteiger partial charge in [-0.2, -0.15) is 0 Å². The van der Waals surface area contributed by atoms with Gasteiger partial charge >= 0.3 is 0 Å². The van der Waals surface area contributed by atoms with Gasteiger partial charge in [0.15, 0.2) is 0 Å². The van der Waals surface area contributed by atoms with E-state index in [0.717, 1.165) is 0 Å². The van der Waals surface area contributed by atoms with Gasteiger partial charge in [0.25, 0.3) is 0 Å². The van der Waals surface area contributed by atoms with Crippen molar-refractivity contribution in [3.63, 3.8) is 0 Å². The van der Waals surface area contributed by atoms with Crippen LogP contribution >= 0.6 is 0 Å². The van der Waals surface area contributed by atoms with Crippen LogP contribution in [0.2, 0.25) is 0 Å². The molecule has 0 bridgehead atoms. The lowest BCUT2D eigenvalue weighted by Crippen LogP contribution is -2.14. The Kier molecular flexibility index (Phi) is 1.70. The van der Waals surface area contributed by atoms with Gasteiger partial charge in [0.05, 0.1) is 0 Å². The van der Waals surface area contributed by atoms with Crippen molar-refractivity contribution in [2.45, 2.75) is 48.0 Å². The third kappa shape index (κ3) is 1.23. The van der Waals surface area contributed by atoms with Crippen LogP contribution in [0.5, 0.6) is 0 Å². The summed E-state index contributed by atoms with van der Waals surface area (Å²) in [4.78, 5) is 0. The van der Waals surface area contributed by atoms with E-state index >= 15 is 0 Å². The number of allylic oxidation sites excluding steroid dienone is 2. The van der Waals surface area contributed by atoms with Crippen LogP contribution in [-0.4, -0.2) is 0 Å². The number of rotatable bonds is 0. The van der Waals surface area contributed by atoms with E-state index in [1.165, 1.54) is 6.42 Å². The predicted octanol–water partition coefficient (Wildman–Crippen LogP) is 3.78. The maximum atomic E-state index is 2.35. The van der Waals surface area contributed by atoms with E-state index in [1.807, 2.05) is 0 Å². The molecule has 0 saturated carbocycles. The van der Waals surface area contributed by atoms with Crippen molar-refractivity contribution < 1.29 is 0 Å². The van der Waals surface area contributed by atoms with Crippen molar-refractivity contribution in [3.05, 3.63) is 11.1 Å². The Hall–Kier alpha value is -0.260. The Morgan fingerprint density at radius 2 is 1.09 bits per heavy atom. The second kappa shape index (κ2) is 2.12. The van der Waals surface area contributed by atoms with E-state index in [9.17, 15) is 0 Å². The van der Waals surface area contributed by atoms with E-state index < -0.39 is 0 Å². The first kappa shape index (κ1) is 8.83. The molecule has 0 spiro atoms. The molecule has 0 aromatic heterocycles. The summed E-state index contributed by atoms with van der Waals surface area (Å²) in [7, 11) is 0. The predicted molar refractivity (Wildman–Crippen MR) is 50.6 cm³/mol. The molecule has 0 aliphatic heterocycles. The molecule has 1 rings (SSSR count). The smallest absolute Gasteiger partial charge is 0.0137 e. The topological polar surface area (TPSA) is 0 Å². The Bertz CT molecular complexity index is 182. The van der Waals surface area contributed by atoms with Crippen LogP contribution in [0.25, 0.3) is 0 Å². The SMILES string of the molecule is CC1=C(C)C(C)(C)CC1(C)C. The van der Waals surface area contributed by atoms with Gasteiger partial charge < -0.3 is 0 Å². The molecule has 0 atom stereocenters. The Morgan fingerprint density at radius 1 is 0.818 bits per heavy atom. The van der Waals surface area contributed by atoms with E-state index in [0.29, 0.717) is 10.8 Å². The fourth-order valence-electron chi connectivity index (χ4n) is 2.39. The van der Waals surface area contributed by atoms with Crippen molar-refractivity contribution in [1.29, 1.82) is 0 Å². The summed E-state index contributed by atoms with van der Waals surface area (Å²) in [6.45, 7) is 14.0. The minimum atomic E-state index is 0.438. The summed E-state index contributed by atoms with van der Waals surface area (Å²) in [6, 6.07) is 0. The second-order valence-corrected chi connectivity index (χ2v) is 5.19. The van der Waals surface area contributed by atoms with Gasteiger partial charge in [-0.3, -0.25) is 0 Å². The molecule has 0 aromatic rings. The molecule has 0 radical (unpaired) electrons. The Balaban J connectivity index is 3.09. The van der Waals surface area contributed by atoms with Gasteiger partial charge in [-0.1, -0.05) is 38.8 Å². The lowest BCUT2D eigenvalue weighted by Gasteiger charge is -2.24. The molecule has 0 N–H and O–H groups in total.